The summed E-state index contributed by atoms with van der Waals surface area (Å²) in [5, 5.41) is 7.10. The lowest BCUT2D eigenvalue weighted by molar-refractivity contribution is -0.123. The smallest absolute Gasteiger partial charge is 0.242 e. The van der Waals surface area contributed by atoms with Crippen molar-refractivity contribution in [1.29, 1.82) is 0 Å². The van der Waals surface area contributed by atoms with Gasteiger partial charge in [0.25, 0.3) is 0 Å². The van der Waals surface area contributed by atoms with Gasteiger partial charge in [0.1, 0.15) is 6.04 Å². The second kappa shape index (κ2) is 4.70. The third-order valence-electron chi connectivity index (χ3n) is 3.28. The Kier molecular flexibility index (Phi) is 3.02. The predicted octanol–water partition coefficient (Wildman–Crippen LogP) is 1.88. The van der Waals surface area contributed by atoms with Crippen LogP contribution in [-0.2, 0) is 4.79 Å². The Bertz CT molecular complexity index is 637. The van der Waals surface area contributed by atoms with Crippen LogP contribution in [0.3, 0.4) is 0 Å². The monoisotopic (exact) mass is 276 g/mol. The number of hydrogen-bond donors (Lipinski definition) is 3. The molecule has 100 valence electrons. The first-order chi connectivity index (χ1) is 9.13. The van der Waals surface area contributed by atoms with E-state index in [4.69, 9.17) is 5.73 Å². The Hall–Kier alpha value is -1.82. The quantitative estimate of drug-likeness (QED) is 0.732. The molecule has 1 saturated heterocycles. The van der Waals surface area contributed by atoms with Gasteiger partial charge >= 0.3 is 0 Å². The van der Waals surface area contributed by atoms with Crippen LogP contribution in [0.5, 0.6) is 0 Å². The summed E-state index contributed by atoms with van der Waals surface area (Å²) in [6.45, 7) is 2.74. The molecule has 6 heteroatoms. The Labute approximate surface area is 115 Å². The Balaban J connectivity index is 1.91. The number of nitrogens with two attached hydrogens (primary N) is 1. The summed E-state index contributed by atoms with van der Waals surface area (Å²) in [5.74, 6) is 0.0419. The fraction of sp³-hybridized carbons (Fsp3) is 0.385. The van der Waals surface area contributed by atoms with Crippen molar-refractivity contribution >= 4 is 38.8 Å². The lowest BCUT2D eigenvalue weighted by atomic mass is 10.1. The molecule has 1 aromatic heterocycles. The SMILES string of the molecule is Cc1nc2cc(NC3CCCNC3=O)c(N)cc2s1. The number of nitrogen functional groups attached to an aromatic ring is 1. The number of amides is 1. The topological polar surface area (TPSA) is 80.0 Å². The van der Waals surface area contributed by atoms with Crippen molar-refractivity contribution < 1.29 is 4.79 Å². The standard InChI is InChI=1S/C13H16N4OS/c1-7-16-11-6-10(8(14)5-12(11)19-7)17-9-3-2-4-15-13(9)18/h5-6,9,17H,2-4,14H2,1H3,(H,15,18). The maximum Gasteiger partial charge on any atom is 0.242 e. The first-order valence-electron chi connectivity index (χ1n) is 6.34. The second-order valence-electron chi connectivity index (χ2n) is 4.77. The van der Waals surface area contributed by atoms with E-state index in [1.807, 2.05) is 19.1 Å². The van der Waals surface area contributed by atoms with E-state index in [0.717, 1.165) is 40.3 Å². The zero-order valence-electron chi connectivity index (χ0n) is 10.7. The Morgan fingerprint density at radius 3 is 3.16 bits per heavy atom. The van der Waals surface area contributed by atoms with Gasteiger partial charge in [-0.3, -0.25) is 4.79 Å². The largest absolute Gasteiger partial charge is 0.397 e. The molecular weight excluding hydrogens is 260 g/mol. The van der Waals surface area contributed by atoms with Gasteiger partial charge in [-0.2, -0.15) is 0 Å². The van der Waals surface area contributed by atoms with E-state index in [1.54, 1.807) is 11.3 Å². The zero-order chi connectivity index (χ0) is 13.4. The van der Waals surface area contributed by atoms with Crippen molar-refractivity contribution in [2.45, 2.75) is 25.8 Å². The molecule has 1 amide bonds. The van der Waals surface area contributed by atoms with Gasteiger partial charge in [0.2, 0.25) is 5.91 Å². The second-order valence-corrected chi connectivity index (χ2v) is 6.01. The molecule has 1 aliphatic rings. The van der Waals surface area contributed by atoms with Gasteiger partial charge in [0.05, 0.1) is 26.6 Å². The molecule has 1 aromatic carbocycles. The van der Waals surface area contributed by atoms with Gasteiger partial charge in [-0.1, -0.05) is 0 Å². The fourth-order valence-corrected chi connectivity index (χ4v) is 3.18. The van der Waals surface area contributed by atoms with Gasteiger partial charge in [0.15, 0.2) is 0 Å². The number of carbonyl (C=O) groups excluding carboxylic acids is 1. The number of nitrogens with one attached hydrogen (secondary N) is 2. The van der Waals surface area contributed by atoms with Crippen LogP contribution in [-0.4, -0.2) is 23.5 Å². The molecule has 3 rings (SSSR count). The number of rotatable bonds is 2. The summed E-state index contributed by atoms with van der Waals surface area (Å²) in [5.41, 5.74) is 8.42. The van der Waals surface area contributed by atoms with E-state index in [1.165, 1.54) is 0 Å². The van der Waals surface area contributed by atoms with Crippen LogP contribution in [0.25, 0.3) is 10.2 Å². The number of thiazole rings is 1. The first-order valence-corrected chi connectivity index (χ1v) is 7.16. The van der Waals surface area contributed by atoms with E-state index < -0.39 is 0 Å². The van der Waals surface area contributed by atoms with Gasteiger partial charge in [0, 0.05) is 6.54 Å². The summed E-state index contributed by atoms with van der Waals surface area (Å²) in [6, 6.07) is 3.65. The molecule has 0 radical (unpaired) electrons. The third kappa shape index (κ3) is 2.35. The van der Waals surface area contributed by atoms with E-state index in [9.17, 15) is 4.79 Å². The number of fused-ring (bicyclic) bond motifs is 1. The molecule has 0 bridgehead atoms. The molecule has 4 N–H and O–H groups in total. The van der Waals surface area contributed by atoms with Crippen molar-refractivity contribution in [1.82, 2.24) is 10.3 Å². The summed E-state index contributed by atoms with van der Waals surface area (Å²) in [4.78, 5) is 16.2. The molecule has 0 aliphatic carbocycles. The number of nitrogens with zero attached hydrogens (tertiary/aromatic N) is 1. The van der Waals surface area contributed by atoms with E-state index >= 15 is 0 Å². The van der Waals surface area contributed by atoms with Gasteiger partial charge < -0.3 is 16.4 Å². The molecule has 1 unspecified atom stereocenters. The maximum absolute atomic E-state index is 11.7. The lowest BCUT2D eigenvalue weighted by Gasteiger charge is -2.24. The maximum atomic E-state index is 11.7. The number of benzene rings is 1. The minimum atomic E-state index is -0.201. The highest BCUT2D eigenvalue weighted by Crippen LogP contribution is 2.30. The van der Waals surface area contributed by atoms with Crippen molar-refractivity contribution in [3.05, 3.63) is 17.1 Å². The first kappa shape index (κ1) is 12.2. The van der Waals surface area contributed by atoms with Crippen molar-refractivity contribution in [3.8, 4) is 0 Å². The summed E-state index contributed by atoms with van der Waals surface area (Å²) < 4.78 is 1.08. The zero-order valence-corrected chi connectivity index (χ0v) is 11.5. The molecule has 0 saturated carbocycles. The van der Waals surface area contributed by atoms with Gasteiger partial charge in [-0.05, 0) is 31.9 Å². The average molecular weight is 276 g/mol. The van der Waals surface area contributed by atoms with E-state index in [-0.39, 0.29) is 11.9 Å². The van der Waals surface area contributed by atoms with Crippen LogP contribution >= 0.6 is 11.3 Å². The van der Waals surface area contributed by atoms with Crippen LogP contribution < -0.4 is 16.4 Å². The molecule has 2 aromatic rings. The van der Waals surface area contributed by atoms with E-state index in [2.05, 4.69) is 15.6 Å². The van der Waals surface area contributed by atoms with Gasteiger partial charge in [-0.25, -0.2) is 4.98 Å². The summed E-state index contributed by atoms with van der Waals surface area (Å²) in [6.07, 6.45) is 1.82. The number of aryl methyl sites for hydroxylation is 1. The average Bonchev–Trinajstić information content (AvgIpc) is 2.71. The number of anilines is 2. The molecule has 19 heavy (non-hydrogen) atoms. The third-order valence-corrected chi connectivity index (χ3v) is 4.22. The number of aromatic nitrogens is 1. The minimum Gasteiger partial charge on any atom is -0.397 e. The minimum absolute atomic E-state index is 0.0419. The van der Waals surface area contributed by atoms with Crippen LogP contribution in [0.4, 0.5) is 11.4 Å². The molecule has 1 aliphatic heterocycles. The fourth-order valence-electron chi connectivity index (χ4n) is 2.33. The number of hydrogen-bond acceptors (Lipinski definition) is 5. The molecule has 1 atom stereocenters. The van der Waals surface area contributed by atoms with Crippen LogP contribution in [0.15, 0.2) is 12.1 Å². The normalized spacial score (nSPS) is 19.4. The lowest BCUT2D eigenvalue weighted by Crippen LogP contribution is -2.44. The molecule has 2 heterocycles. The summed E-state index contributed by atoms with van der Waals surface area (Å²) >= 11 is 1.62. The predicted molar refractivity (Wildman–Crippen MR) is 78.4 cm³/mol. The number of piperidine rings is 1. The van der Waals surface area contributed by atoms with Crippen molar-refractivity contribution in [2.75, 3.05) is 17.6 Å². The molecule has 5 nitrogen and oxygen atoms in total. The highest BCUT2D eigenvalue weighted by atomic mass is 32.1. The van der Waals surface area contributed by atoms with Crippen LogP contribution in [0.2, 0.25) is 0 Å². The molecular formula is C13H16N4OS. The highest BCUT2D eigenvalue weighted by Gasteiger charge is 2.22. The van der Waals surface area contributed by atoms with Crippen molar-refractivity contribution in [2.24, 2.45) is 0 Å². The van der Waals surface area contributed by atoms with Crippen molar-refractivity contribution in [3.63, 3.8) is 0 Å². The van der Waals surface area contributed by atoms with E-state index in [0.29, 0.717) is 5.69 Å². The van der Waals surface area contributed by atoms with Gasteiger partial charge in [-0.15, -0.1) is 11.3 Å². The Morgan fingerprint density at radius 2 is 2.37 bits per heavy atom. The Morgan fingerprint density at radius 1 is 1.53 bits per heavy atom. The molecule has 1 fully saturated rings. The molecule has 0 spiro atoms. The summed E-state index contributed by atoms with van der Waals surface area (Å²) in [7, 11) is 0. The van der Waals surface area contributed by atoms with Crippen LogP contribution in [0, 0.1) is 6.92 Å². The van der Waals surface area contributed by atoms with Crippen LogP contribution in [0.1, 0.15) is 17.8 Å². The number of carbonyl (C=O) groups is 1. The highest BCUT2D eigenvalue weighted by molar-refractivity contribution is 7.18.